The van der Waals surface area contributed by atoms with Crippen molar-refractivity contribution in [3.8, 4) is 11.5 Å². The first-order chi connectivity index (χ1) is 11.2. The number of hydrogen-bond donors (Lipinski definition) is 2. The molecule has 0 spiro atoms. The van der Waals surface area contributed by atoms with Gasteiger partial charge in [0.05, 0.1) is 5.56 Å². The third kappa shape index (κ3) is 5.71. The van der Waals surface area contributed by atoms with Crippen molar-refractivity contribution < 1.29 is 19.0 Å². The van der Waals surface area contributed by atoms with Gasteiger partial charge in [-0.1, -0.05) is 18.2 Å². The van der Waals surface area contributed by atoms with E-state index in [4.69, 9.17) is 4.74 Å². The molecule has 2 aromatic rings. The highest BCUT2D eigenvalue weighted by Crippen LogP contribution is 2.20. The Morgan fingerprint density at radius 2 is 1.91 bits per heavy atom. The Kier molecular flexibility index (Phi) is 6.56. The highest BCUT2D eigenvalue weighted by molar-refractivity contribution is 5.98. The standard InChI is InChI=1S/C18H20FNO3/c19-14-8-9-16(18(22)13-14)17(21)7-4-10-20-11-12-23-15-5-2-1-3-6-15/h1-3,5-6,8-9,13,20,22H,4,7,10-12H2. The van der Waals surface area contributed by atoms with Gasteiger partial charge < -0.3 is 15.2 Å². The Morgan fingerprint density at radius 1 is 1.13 bits per heavy atom. The molecule has 2 aromatic carbocycles. The molecule has 0 saturated heterocycles. The lowest BCUT2D eigenvalue weighted by Crippen LogP contribution is -2.22. The molecule has 0 saturated carbocycles. The van der Waals surface area contributed by atoms with Crippen LogP contribution in [0.25, 0.3) is 0 Å². The molecule has 0 radical (unpaired) electrons. The van der Waals surface area contributed by atoms with Crippen molar-refractivity contribution in [3.05, 3.63) is 59.9 Å². The number of phenols is 1. The molecule has 0 aromatic heterocycles. The number of rotatable bonds is 9. The predicted molar refractivity (Wildman–Crippen MR) is 86.4 cm³/mol. The maximum atomic E-state index is 12.9. The zero-order valence-electron chi connectivity index (χ0n) is 12.8. The number of benzene rings is 2. The summed E-state index contributed by atoms with van der Waals surface area (Å²) in [5.74, 6) is -0.223. The zero-order valence-corrected chi connectivity index (χ0v) is 12.8. The first-order valence-electron chi connectivity index (χ1n) is 7.57. The van der Waals surface area contributed by atoms with Gasteiger partial charge >= 0.3 is 0 Å². The van der Waals surface area contributed by atoms with Crippen molar-refractivity contribution in [3.63, 3.8) is 0 Å². The predicted octanol–water partition coefficient (Wildman–Crippen LogP) is 3.16. The van der Waals surface area contributed by atoms with Crippen LogP contribution >= 0.6 is 0 Å². The van der Waals surface area contributed by atoms with Crippen LogP contribution < -0.4 is 10.1 Å². The van der Waals surface area contributed by atoms with Crippen LogP contribution in [-0.2, 0) is 0 Å². The molecular formula is C18H20FNO3. The van der Waals surface area contributed by atoms with Crippen LogP contribution in [0.15, 0.2) is 48.5 Å². The third-order valence-corrected chi connectivity index (χ3v) is 3.31. The fourth-order valence-electron chi connectivity index (χ4n) is 2.13. The number of carbonyl (C=O) groups excluding carboxylic acids is 1. The van der Waals surface area contributed by atoms with Gasteiger partial charge in [0.2, 0.25) is 0 Å². The Morgan fingerprint density at radius 3 is 2.65 bits per heavy atom. The molecule has 0 amide bonds. The number of aromatic hydroxyl groups is 1. The van der Waals surface area contributed by atoms with Gasteiger partial charge in [-0.05, 0) is 37.2 Å². The van der Waals surface area contributed by atoms with Gasteiger partial charge in [0.15, 0.2) is 5.78 Å². The summed E-state index contributed by atoms with van der Waals surface area (Å²) in [4.78, 5) is 11.9. The second kappa shape index (κ2) is 8.90. The fourth-order valence-corrected chi connectivity index (χ4v) is 2.13. The van der Waals surface area contributed by atoms with Crippen LogP contribution in [0.3, 0.4) is 0 Å². The molecular weight excluding hydrogens is 297 g/mol. The SMILES string of the molecule is O=C(CCCNCCOc1ccccc1)c1ccc(F)cc1O. The number of para-hydroxylation sites is 1. The number of Topliss-reactive ketones (excluding diaryl/α,β-unsaturated/α-hetero) is 1. The molecule has 0 unspecified atom stereocenters. The van der Waals surface area contributed by atoms with E-state index in [2.05, 4.69) is 5.32 Å². The Labute approximate surface area is 134 Å². The molecule has 0 aliphatic rings. The molecule has 0 heterocycles. The lowest BCUT2D eigenvalue weighted by molar-refractivity contribution is 0.0977. The van der Waals surface area contributed by atoms with Gasteiger partial charge in [0.1, 0.15) is 23.9 Å². The van der Waals surface area contributed by atoms with E-state index in [0.29, 0.717) is 32.5 Å². The maximum absolute atomic E-state index is 12.9. The largest absolute Gasteiger partial charge is 0.507 e. The maximum Gasteiger partial charge on any atom is 0.166 e. The molecule has 2 rings (SSSR count). The zero-order chi connectivity index (χ0) is 16.5. The van der Waals surface area contributed by atoms with Crippen molar-refractivity contribution in [1.82, 2.24) is 5.32 Å². The minimum atomic E-state index is -0.556. The Hall–Kier alpha value is -2.40. The van der Waals surface area contributed by atoms with Crippen molar-refractivity contribution in [2.24, 2.45) is 0 Å². The van der Waals surface area contributed by atoms with E-state index in [0.717, 1.165) is 11.8 Å². The molecule has 122 valence electrons. The van der Waals surface area contributed by atoms with Gasteiger partial charge in [-0.2, -0.15) is 0 Å². The number of halogens is 1. The second-order valence-corrected chi connectivity index (χ2v) is 5.10. The van der Waals surface area contributed by atoms with Crippen LogP contribution in [0.1, 0.15) is 23.2 Å². The van der Waals surface area contributed by atoms with Gasteiger partial charge in [-0.3, -0.25) is 4.79 Å². The smallest absolute Gasteiger partial charge is 0.166 e. The minimum absolute atomic E-state index is 0.166. The second-order valence-electron chi connectivity index (χ2n) is 5.10. The van der Waals surface area contributed by atoms with Crippen LogP contribution in [-0.4, -0.2) is 30.6 Å². The fraction of sp³-hybridized carbons (Fsp3) is 0.278. The molecule has 0 aliphatic heterocycles. The Bertz CT molecular complexity index is 631. The number of hydrogen-bond acceptors (Lipinski definition) is 4. The molecule has 0 aliphatic carbocycles. The van der Waals surface area contributed by atoms with E-state index < -0.39 is 5.82 Å². The van der Waals surface area contributed by atoms with E-state index in [1.165, 1.54) is 12.1 Å². The number of phenolic OH excluding ortho intramolecular Hbond substituents is 1. The minimum Gasteiger partial charge on any atom is -0.507 e. The summed E-state index contributed by atoms with van der Waals surface area (Å²) in [6.07, 6.45) is 0.937. The first-order valence-corrected chi connectivity index (χ1v) is 7.57. The molecule has 0 atom stereocenters. The van der Waals surface area contributed by atoms with E-state index in [1.54, 1.807) is 0 Å². The van der Waals surface area contributed by atoms with Crippen LogP contribution in [0.5, 0.6) is 11.5 Å². The number of ketones is 1. The normalized spacial score (nSPS) is 10.5. The lowest BCUT2D eigenvalue weighted by atomic mass is 10.1. The number of carbonyl (C=O) groups is 1. The summed E-state index contributed by atoms with van der Waals surface area (Å²) in [7, 11) is 0. The molecule has 2 N–H and O–H groups in total. The van der Waals surface area contributed by atoms with Gasteiger partial charge in [0.25, 0.3) is 0 Å². The number of ether oxygens (including phenoxy) is 1. The summed E-state index contributed by atoms with van der Waals surface area (Å²) in [5.41, 5.74) is 0.166. The lowest BCUT2D eigenvalue weighted by Gasteiger charge is -2.07. The molecule has 0 bridgehead atoms. The van der Waals surface area contributed by atoms with Crippen LogP contribution in [0.4, 0.5) is 4.39 Å². The molecule has 4 nitrogen and oxygen atoms in total. The molecule has 5 heteroatoms. The van der Waals surface area contributed by atoms with Crippen molar-refractivity contribution in [1.29, 1.82) is 0 Å². The topological polar surface area (TPSA) is 58.6 Å². The van der Waals surface area contributed by atoms with E-state index in [9.17, 15) is 14.3 Å². The summed E-state index contributed by atoms with van der Waals surface area (Å²) < 4.78 is 18.4. The first kappa shape index (κ1) is 17.0. The van der Waals surface area contributed by atoms with Crippen LogP contribution in [0.2, 0.25) is 0 Å². The van der Waals surface area contributed by atoms with Crippen molar-refractivity contribution in [2.75, 3.05) is 19.7 Å². The third-order valence-electron chi connectivity index (χ3n) is 3.31. The van der Waals surface area contributed by atoms with E-state index >= 15 is 0 Å². The summed E-state index contributed by atoms with van der Waals surface area (Å²) in [6, 6.07) is 13.0. The quantitative estimate of drug-likeness (QED) is 0.551. The number of nitrogens with one attached hydrogen (secondary N) is 1. The monoisotopic (exact) mass is 317 g/mol. The average Bonchev–Trinajstić information content (AvgIpc) is 2.54. The van der Waals surface area contributed by atoms with Crippen LogP contribution in [0, 0.1) is 5.82 Å². The van der Waals surface area contributed by atoms with E-state index in [-0.39, 0.29) is 17.1 Å². The van der Waals surface area contributed by atoms with Gasteiger partial charge in [0, 0.05) is 19.0 Å². The van der Waals surface area contributed by atoms with Crippen molar-refractivity contribution in [2.45, 2.75) is 12.8 Å². The molecule has 0 fully saturated rings. The highest BCUT2D eigenvalue weighted by Gasteiger charge is 2.11. The Balaban J connectivity index is 1.59. The summed E-state index contributed by atoms with van der Waals surface area (Å²) in [6.45, 7) is 1.91. The molecule has 23 heavy (non-hydrogen) atoms. The summed E-state index contributed by atoms with van der Waals surface area (Å²) in [5, 5.41) is 12.7. The van der Waals surface area contributed by atoms with Crippen molar-refractivity contribution >= 4 is 5.78 Å². The highest BCUT2D eigenvalue weighted by atomic mass is 19.1. The van der Waals surface area contributed by atoms with Gasteiger partial charge in [-0.15, -0.1) is 0 Å². The average molecular weight is 317 g/mol. The van der Waals surface area contributed by atoms with E-state index in [1.807, 2.05) is 30.3 Å². The van der Waals surface area contributed by atoms with Gasteiger partial charge in [-0.25, -0.2) is 4.39 Å². The summed E-state index contributed by atoms with van der Waals surface area (Å²) >= 11 is 0.